The van der Waals surface area contributed by atoms with Crippen molar-refractivity contribution in [3.8, 4) is 11.1 Å². The third kappa shape index (κ3) is 6.97. The number of nitrogens with one attached hydrogen (secondary N) is 2. The number of hydrogen-bond donors (Lipinski definition) is 2. The van der Waals surface area contributed by atoms with Crippen LogP contribution in [0.4, 0.5) is 5.69 Å². The summed E-state index contributed by atoms with van der Waals surface area (Å²) in [6.07, 6.45) is 2.05. The molecular weight excluding hydrogens is 412 g/mol. The number of anilines is 1. The largest absolute Gasteiger partial charge is 0.346 e. The fourth-order valence-corrected chi connectivity index (χ4v) is 4.05. The highest BCUT2D eigenvalue weighted by molar-refractivity contribution is 7.99. The highest BCUT2D eigenvalue weighted by Gasteiger charge is 2.07. The van der Waals surface area contributed by atoms with Crippen molar-refractivity contribution in [1.82, 2.24) is 5.32 Å². The van der Waals surface area contributed by atoms with Crippen molar-refractivity contribution in [3.05, 3.63) is 84.4 Å². The van der Waals surface area contributed by atoms with E-state index in [4.69, 9.17) is 0 Å². The molecule has 154 valence electrons. The van der Waals surface area contributed by atoms with Gasteiger partial charge in [0, 0.05) is 16.3 Å². The van der Waals surface area contributed by atoms with E-state index in [0.29, 0.717) is 11.4 Å². The maximum Gasteiger partial charge on any atom is 0.243 e. The van der Waals surface area contributed by atoms with Gasteiger partial charge in [-0.1, -0.05) is 54.6 Å². The molecule has 0 unspecified atom stereocenters. The average Bonchev–Trinajstić information content (AvgIpc) is 2.79. The molecule has 0 aliphatic rings. The number of carbonyl (C=O) groups excluding carboxylic acids is 2. The van der Waals surface area contributed by atoms with Gasteiger partial charge in [0.2, 0.25) is 11.8 Å². The Labute approximate surface area is 185 Å². The first-order chi connectivity index (χ1) is 14.6. The van der Waals surface area contributed by atoms with Crippen LogP contribution in [0.15, 0.2) is 83.8 Å². The smallest absolute Gasteiger partial charge is 0.243 e. The molecule has 6 heteroatoms. The number of benzene rings is 3. The highest BCUT2D eigenvalue weighted by atomic mass is 32.2. The van der Waals surface area contributed by atoms with Crippen molar-refractivity contribution in [2.45, 2.75) is 10.6 Å². The second kappa shape index (κ2) is 11.5. The van der Waals surface area contributed by atoms with Gasteiger partial charge >= 0.3 is 0 Å². The first-order valence-corrected chi connectivity index (χ1v) is 11.9. The zero-order valence-electron chi connectivity index (χ0n) is 16.8. The normalized spacial score (nSPS) is 10.4. The van der Waals surface area contributed by atoms with Gasteiger partial charge in [0.1, 0.15) is 0 Å². The van der Waals surface area contributed by atoms with E-state index in [-0.39, 0.29) is 18.4 Å². The molecule has 0 aliphatic carbocycles. The van der Waals surface area contributed by atoms with E-state index in [0.717, 1.165) is 16.9 Å². The Balaban J connectivity index is 1.40. The Morgan fingerprint density at radius 2 is 1.57 bits per heavy atom. The minimum absolute atomic E-state index is 0.0443. The molecule has 0 aliphatic heterocycles. The second-order valence-corrected chi connectivity index (χ2v) is 8.48. The Hall–Kier alpha value is -2.70. The van der Waals surface area contributed by atoms with Crippen LogP contribution in [-0.2, 0) is 15.3 Å². The fraction of sp³-hybridized carbons (Fsp3) is 0.167. The summed E-state index contributed by atoms with van der Waals surface area (Å²) in [6, 6.07) is 26.0. The van der Waals surface area contributed by atoms with E-state index in [9.17, 15) is 9.59 Å². The van der Waals surface area contributed by atoms with Crippen LogP contribution in [0.1, 0.15) is 5.56 Å². The van der Waals surface area contributed by atoms with E-state index >= 15 is 0 Å². The summed E-state index contributed by atoms with van der Waals surface area (Å²) in [4.78, 5) is 25.4. The molecule has 0 saturated heterocycles. The number of amides is 2. The summed E-state index contributed by atoms with van der Waals surface area (Å²) in [5.74, 6) is 0.696. The maximum absolute atomic E-state index is 12.2. The number of hydrogen-bond acceptors (Lipinski definition) is 4. The van der Waals surface area contributed by atoms with Gasteiger partial charge in [-0.3, -0.25) is 9.59 Å². The van der Waals surface area contributed by atoms with Gasteiger partial charge in [-0.15, -0.1) is 23.5 Å². The van der Waals surface area contributed by atoms with E-state index < -0.39 is 0 Å². The van der Waals surface area contributed by atoms with Crippen LogP contribution >= 0.6 is 23.5 Å². The first-order valence-electron chi connectivity index (χ1n) is 9.57. The lowest BCUT2D eigenvalue weighted by Gasteiger charge is -2.09. The summed E-state index contributed by atoms with van der Waals surface area (Å²) >= 11 is 3.24. The maximum atomic E-state index is 12.2. The molecule has 0 aromatic heterocycles. The highest BCUT2D eigenvalue weighted by Crippen LogP contribution is 2.22. The molecule has 2 N–H and O–H groups in total. The van der Waals surface area contributed by atoms with Crippen LogP contribution < -0.4 is 10.6 Å². The van der Waals surface area contributed by atoms with E-state index in [1.807, 2.05) is 60.9 Å². The molecule has 4 nitrogen and oxygen atoms in total. The van der Waals surface area contributed by atoms with Crippen molar-refractivity contribution in [2.24, 2.45) is 0 Å². The summed E-state index contributed by atoms with van der Waals surface area (Å²) < 4.78 is 0. The van der Waals surface area contributed by atoms with Crippen molar-refractivity contribution < 1.29 is 9.59 Å². The van der Waals surface area contributed by atoms with Gasteiger partial charge in [-0.25, -0.2) is 0 Å². The van der Waals surface area contributed by atoms with Crippen LogP contribution in [0.25, 0.3) is 11.1 Å². The lowest BCUT2D eigenvalue weighted by Crippen LogP contribution is -2.33. The van der Waals surface area contributed by atoms with Crippen molar-refractivity contribution in [2.75, 3.05) is 23.9 Å². The van der Waals surface area contributed by atoms with Gasteiger partial charge in [-0.2, -0.15) is 0 Å². The molecule has 0 heterocycles. The van der Waals surface area contributed by atoms with Crippen molar-refractivity contribution in [3.63, 3.8) is 0 Å². The van der Waals surface area contributed by atoms with Crippen LogP contribution in [0.2, 0.25) is 0 Å². The van der Waals surface area contributed by atoms with Gasteiger partial charge in [0.05, 0.1) is 12.3 Å². The van der Waals surface area contributed by atoms with Crippen LogP contribution in [0.5, 0.6) is 0 Å². The molecule has 0 radical (unpaired) electrons. The predicted molar refractivity (Wildman–Crippen MR) is 128 cm³/mol. The Bertz CT molecular complexity index is 976. The zero-order chi connectivity index (χ0) is 21.2. The Morgan fingerprint density at radius 1 is 0.833 bits per heavy atom. The number of thioether (sulfide) groups is 2. The molecule has 3 aromatic rings. The quantitative estimate of drug-likeness (QED) is 0.460. The number of rotatable bonds is 9. The summed E-state index contributed by atoms with van der Waals surface area (Å²) in [7, 11) is 0. The Morgan fingerprint density at radius 3 is 2.30 bits per heavy atom. The molecule has 0 spiro atoms. The molecular formula is C24H24N2O2S2. The van der Waals surface area contributed by atoms with Crippen LogP contribution in [0, 0.1) is 0 Å². The van der Waals surface area contributed by atoms with Gasteiger partial charge in [0.25, 0.3) is 0 Å². The summed E-state index contributed by atoms with van der Waals surface area (Å²) in [5, 5.41) is 5.52. The third-order valence-electron chi connectivity index (χ3n) is 4.36. The minimum Gasteiger partial charge on any atom is -0.346 e. The third-order valence-corrected chi connectivity index (χ3v) is 6.11. The molecule has 30 heavy (non-hydrogen) atoms. The molecule has 3 rings (SSSR count). The van der Waals surface area contributed by atoms with E-state index in [1.165, 1.54) is 22.2 Å². The van der Waals surface area contributed by atoms with Gasteiger partial charge in [-0.05, 0) is 47.2 Å². The lowest BCUT2D eigenvalue weighted by atomic mass is 10.1. The second-order valence-electron chi connectivity index (χ2n) is 6.61. The lowest BCUT2D eigenvalue weighted by molar-refractivity contribution is -0.122. The summed E-state index contributed by atoms with van der Waals surface area (Å²) in [6.45, 7) is -0.0443. The van der Waals surface area contributed by atoms with E-state index in [1.54, 1.807) is 11.8 Å². The van der Waals surface area contributed by atoms with Gasteiger partial charge in [0.15, 0.2) is 0 Å². The fourth-order valence-electron chi connectivity index (χ4n) is 2.83. The zero-order valence-corrected chi connectivity index (χ0v) is 18.4. The molecule has 0 bridgehead atoms. The van der Waals surface area contributed by atoms with Crippen LogP contribution in [-0.4, -0.2) is 30.4 Å². The molecule has 0 fully saturated rings. The van der Waals surface area contributed by atoms with Crippen molar-refractivity contribution >= 4 is 41.0 Å². The first kappa shape index (κ1) is 22.0. The van der Waals surface area contributed by atoms with Gasteiger partial charge < -0.3 is 10.6 Å². The molecule has 0 saturated carbocycles. The monoisotopic (exact) mass is 436 g/mol. The van der Waals surface area contributed by atoms with Crippen LogP contribution in [0.3, 0.4) is 0 Å². The molecule has 0 atom stereocenters. The topological polar surface area (TPSA) is 58.2 Å². The van der Waals surface area contributed by atoms with E-state index in [2.05, 4.69) is 34.9 Å². The predicted octanol–water partition coefficient (Wildman–Crippen LogP) is 5.06. The standard InChI is InChI=1S/C24H24N2O2S2/c1-29-22-12-10-18(11-13-22)16-30-17-24(28)25-15-23(27)26-21-9-5-8-20(14-21)19-6-3-2-4-7-19/h2-14H,15-17H2,1H3,(H,25,28)(H,26,27). The average molecular weight is 437 g/mol. The minimum atomic E-state index is -0.244. The van der Waals surface area contributed by atoms with Crippen molar-refractivity contribution in [1.29, 1.82) is 0 Å². The Kier molecular flexibility index (Phi) is 8.41. The molecule has 3 aromatic carbocycles. The summed E-state index contributed by atoms with van der Waals surface area (Å²) in [5.41, 5.74) is 4.00. The SMILES string of the molecule is CSc1ccc(CSCC(=O)NCC(=O)Nc2cccc(-c3ccccc3)c2)cc1. The number of carbonyl (C=O) groups is 2. The molecule has 2 amide bonds.